The van der Waals surface area contributed by atoms with Gasteiger partial charge < -0.3 is 15.5 Å². The quantitative estimate of drug-likeness (QED) is 0.782. The van der Waals surface area contributed by atoms with E-state index in [1.807, 2.05) is 11.0 Å². The van der Waals surface area contributed by atoms with E-state index in [9.17, 15) is 4.79 Å². The highest BCUT2D eigenvalue weighted by atomic mass is 16.2. The van der Waals surface area contributed by atoms with Crippen LogP contribution >= 0.6 is 0 Å². The first-order valence-electron chi connectivity index (χ1n) is 5.87. The summed E-state index contributed by atoms with van der Waals surface area (Å²) in [5.74, 6) is 1.65. The second-order valence-corrected chi connectivity index (χ2v) is 3.96. The number of hydrogen-bond donors (Lipinski definition) is 2. The summed E-state index contributed by atoms with van der Waals surface area (Å²) in [6.45, 7) is 4.81. The molecule has 2 N–H and O–H groups in total. The summed E-state index contributed by atoms with van der Waals surface area (Å²) in [5.41, 5.74) is 0. The van der Waals surface area contributed by atoms with Gasteiger partial charge in [-0.05, 0) is 6.42 Å². The molecule has 0 spiro atoms. The minimum Gasteiger partial charge on any atom is -0.370 e. The van der Waals surface area contributed by atoms with Crippen LogP contribution in [0, 0.1) is 0 Å². The minimum absolute atomic E-state index is 0.0397. The average molecular weight is 235 g/mol. The summed E-state index contributed by atoms with van der Waals surface area (Å²) in [6.07, 6.45) is 2.57. The molecular weight excluding hydrogens is 218 g/mol. The number of aromatic nitrogens is 2. The number of carbonyl (C=O) groups excluding carboxylic acids is 1. The van der Waals surface area contributed by atoms with Crippen LogP contribution < -0.4 is 15.5 Å². The SMILES string of the molecule is CCCNc1cc(N2CCNC(=O)C2)ncn1. The lowest BCUT2D eigenvalue weighted by molar-refractivity contribution is -0.120. The molecule has 0 radical (unpaired) electrons. The summed E-state index contributed by atoms with van der Waals surface area (Å²) in [4.78, 5) is 21.6. The number of nitrogens with zero attached hydrogens (tertiary/aromatic N) is 3. The lowest BCUT2D eigenvalue weighted by atomic mass is 10.3. The minimum atomic E-state index is 0.0397. The molecule has 2 rings (SSSR count). The molecule has 0 aliphatic carbocycles. The van der Waals surface area contributed by atoms with E-state index in [0.29, 0.717) is 13.1 Å². The Bertz CT molecular complexity index is 395. The third kappa shape index (κ3) is 3.05. The molecule has 1 fully saturated rings. The zero-order valence-corrected chi connectivity index (χ0v) is 9.94. The summed E-state index contributed by atoms with van der Waals surface area (Å²) in [7, 11) is 0. The Labute approximate surface area is 100 Å². The van der Waals surface area contributed by atoms with Crippen LogP contribution in [0.15, 0.2) is 12.4 Å². The molecule has 1 aliphatic heterocycles. The fourth-order valence-electron chi connectivity index (χ4n) is 1.70. The van der Waals surface area contributed by atoms with E-state index in [-0.39, 0.29) is 5.91 Å². The Kier molecular flexibility index (Phi) is 3.74. The third-order valence-corrected chi connectivity index (χ3v) is 2.57. The van der Waals surface area contributed by atoms with Crippen LogP contribution in [0.25, 0.3) is 0 Å². The highest BCUT2D eigenvalue weighted by Gasteiger charge is 2.17. The van der Waals surface area contributed by atoms with Crippen LogP contribution in [0.3, 0.4) is 0 Å². The molecule has 1 amide bonds. The molecule has 1 saturated heterocycles. The molecule has 0 aromatic carbocycles. The first kappa shape index (κ1) is 11.6. The molecule has 6 nitrogen and oxygen atoms in total. The second-order valence-electron chi connectivity index (χ2n) is 3.96. The van der Waals surface area contributed by atoms with Crippen LogP contribution in [0.1, 0.15) is 13.3 Å². The monoisotopic (exact) mass is 235 g/mol. The average Bonchev–Trinajstić information content (AvgIpc) is 2.37. The molecule has 92 valence electrons. The third-order valence-electron chi connectivity index (χ3n) is 2.57. The first-order valence-corrected chi connectivity index (χ1v) is 5.87. The van der Waals surface area contributed by atoms with E-state index in [1.165, 1.54) is 6.33 Å². The molecule has 0 atom stereocenters. The van der Waals surface area contributed by atoms with Crippen molar-refractivity contribution >= 4 is 17.5 Å². The van der Waals surface area contributed by atoms with Crippen LogP contribution in [0.2, 0.25) is 0 Å². The number of amides is 1. The van der Waals surface area contributed by atoms with Gasteiger partial charge in [-0.1, -0.05) is 6.92 Å². The first-order chi connectivity index (χ1) is 8.29. The van der Waals surface area contributed by atoms with Gasteiger partial charge in [0.15, 0.2) is 0 Å². The van der Waals surface area contributed by atoms with E-state index in [4.69, 9.17) is 0 Å². The maximum atomic E-state index is 11.3. The number of anilines is 2. The highest BCUT2D eigenvalue weighted by Crippen LogP contribution is 2.14. The predicted molar refractivity (Wildman–Crippen MR) is 66.0 cm³/mol. The van der Waals surface area contributed by atoms with E-state index in [1.54, 1.807) is 0 Å². The molecule has 1 aromatic heterocycles. The molecule has 0 saturated carbocycles. The van der Waals surface area contributed by atoms with Gasteiger partial charge in [0.2, 0.25) is 5.91 Å². The highest BCUT2D eigenvalue weighted by molar-refractivity contribution is 5.82. The van der Waals surface area contributed by atoms with Gasteiger partial charge in [-0.25, -0.2) is 9.97 Å². The van der Waals surface area contributed by atoms with Crippen molar-refractivity contribution in [3.05, 3.63) is 12.4 Å². The van der Waals surface area contributed by atoms with Crippen molar-refractivity contribution in [1.82, 2.24) is 15.3 Å². The molecule has 6 heteroatoms. The van der Waals surface area contributed by atoms with Gasteiger partial charge in [-0.2, -0.15) is 0 Å². The van der Waals surface area contributed by atoms with E-state index in [0.717, 1.165) is 31.1 Å². The molecule has 0 unspecified atom stereocenters. The van der Waals surface area contributed by atoms with Crippen molar-refractivity contribution < 1.29 is 4.79 Å². The van der Waals surface area contributed by atoms with Crippen molar-refractivity contribution in [1.29, 1.82) is 0 Å². The summed E-state index contributed by atoms with van der Waals surface area (Å²) < 4.78 is 0. The number of carbonyl (C=O) groups is 1. The Morgan fingerprint density at radius 2 is 2.41 bits per heavy atom. The van der Waals surface area contributed by atoms with Crippen molar-refractivity contribution in [2.45, 2.75) is 13.3 Å². The van der Waals surface area contributed by atoms with Crippen molar-refractivity contribution in [2.24, 2.45) is 0 Å². The van der Waals surface area contributed by atoms with Gasteiger partial charge in [-0.15, -0.1) is 0 Å². The van der Waals surface area contributed by atoms with E-state index in [2.05, 4.69) is 27.5 Å². The number of nitrogens with one attached hydrogen (secondary N) is 2. The van der Waals surface area contributed by atoms with Crippen LogP contribution in [-0.4, -0.2) is 42.1 Å². The zero-order valence-electron chi connectivity index (χ0n) is 9.94. The normalized spacial score (nSPS) is 15.6. The van der Waals surface area contributed by atoms with Crippen LogP contribution in [0.5, 0.6) is 0 Å². The summed E-state index contributed by atoms with van der Waals surface area (Å²) in [5, 5.41) is 6.00. The van der Waals surface area contributed by atoms with Crippen molar-refractivity contribution in [2.75, 3.05) is 36.4 Å². The maximum Gasteiger partial charge on any atom is 0.239 e. The molecular formula is C11H17N5O. The lowest BCUT2D eigenvalue weighted by Crippen LogP contribution is -2.48. The standard InChI is InChI=1S/C11H17N5O/c1-2-3-12-9-6-10(15-8-14-9)16-5-4-13-11(17)7-16/h6,8H,2-5,7H2,1H3,(H,13,17)(H,12,14,15). The van der Waals surface area contributed by atoms with Gasteiger partial charge >= 0.3 is 0 Å². The van der Waals surface area contributed by atoms with Gasteiger partial charge in [-0.3, -0.25) is 4.79 Å². The second kappa shape index (κ2) is 5.47. The van der Waals surface area contributed by atoms with E-state index >= 15 is 0 Å². The van der Waals surface area contributed by atoms with Gasteiger partial charge in [0, 0.05) is 25.7 Å². The topological polar surface area (TPSA) is 70.2 Å². The molecule has 1 aromatic rings. The zero-order chi connectivity index (χ0) is 12.1. The number of rotatable bonds is 4. The van der Waals surface area contributed by atoms with E-state index < -0.39 is 0 Å². The summed E-state index contributed by atoms with van der Waals surface area (Å²) >= 11 is 0. The predicted octanol–water partition coefficient (Wildman–Crippen LogP) is 0.235. The Morgan fingerprint density at radius 1 is 1.53 bits per heavy atom. The number of piperazine rings is 1. The fourth-order valence-corrected chi connectivity index (χ4v) is 1.70. The van der Waals surface area contributed by atoms with Gasteiger partial charge in [0.05, 0.1) is 6.54 Å². The maximum absolute atomic E-state index is 11.3. The van der Waals surface area contributed by atoms with Crippen LogP contribution in [-0.2, 0) is 4.79 Å². The lowest BCUT2D eigenvalue weighted by Gasteiger charge is -2.27. The smallest absolute Gasteiger partial charge is 0.239 e. The van der Waals surface area contributed by atoms with Crippen molar-refractivity contribution in [3.8, 4) is 0 Å². The number of hydrogen-bond acceptors (Lipinski definition) is 5. The molecule has 2 heterocycles. The largest absolute Gasteiger partial charge is 0.370 e. The molecule has 17 heavy (non-hydrogen) atoms. The Morgan fingerprint density at radius 3 is 3.18 bits per heavy atom. The van der Waals surface area contributed by atoms with Gasteiger partial charge in [0.1, 0.15) is 18.0 Å². The Hall–Kier alpha value is -1.85. The van der Waals surface area contributed by atoms with Crippen LogP contribution in [0.4, 0.5) is 11.6 Å². The molecule has 0 bridgehead atoms. The van der Waals surface area contributed by atoms with Gasteiger partial charge in [0.25, 0.3) is 0 Å². The Balaban J connectivity index is 2.06. The van der Waals surface area contributed by atoms with Crippen molar-refractivity contribution in [3.63, 3.8) is 0 Å². The summed E-state index contributed by atoms with van der Waals surface area (Å²) in [6, 6.07) is 1.88. The fraction of sp³-hybridized carbons (Fsp3) is 0.545. The molecule has 1 aliphatic rings.